The van der Waals surface area contributed by atoms with E-state index in [1.54, 1.807) is 18.3 Å². The number of anilines is 3. The topological polar surface area (TPSA) is 84.7 Å². The summed E-state index contributed by atoms with van der Waals surface area (Å²) in [5.74, 6) is 0.722. The molecule has 162 valence electrons. The Bertz CT molecular complexity index is 920. The van der Waals surface area contributed by atoms with Gasteiger partial charge in [-0.1, -0.05) is 0 Å². The number of nitriles is 1. The highest BCUT2D eigenvalue weighted by molar-refractivity contribution is 5.92. The molecule has 0 saturated carbocycles. The first-order valence-corrected chi connectivity index (χ1v) is 10.8. The van der Waals surface area contributed by atoms with Gasteiger partial charge in [-0.25, -0.2) is 4.98 Å². The molecular formula is C23H28N6O2. The van der Waals surface area contributed by atoms with Gasteiger partial charge >= 0.3 is 0 Å². The third-order valence-corrected chi connectivity index (χ3v) is 5.69. The number of nitrogens with one attached hydrogen (secondary N) is 1. The molecule has 0 atom stereocenters. The Morgan fingerprint density at radius 2 is 1.84 bits per heavy atom. The summed E-state index contributed by atoms with van der Waals surface area (Å²) in [6.45, 7) is 6.82. The molecule has 31 heavy (non-hydrogen) atoms. The normalized spacial score (nSPS) is 17.6. The van der Waals surface area contributed by atoms with Crippen molar-refractivity contribution in [3.8, 4) is 6.07 Å². The Labute approximate surface area is 183 Å². The van der Waals surface area contributed by atoms with Gasteiger partial charge in [-0.2, -0.15) is 5.26 Å². The summed E-state index contributed by atoms with van der Waals surface area (Å²) in [4.78, 5) is 23.6. The lowest BCUT2D eigenvalue weighted by Gasteiger charge is -2.29. The third kappa shape index (κ3) is 5.51. The number of carbonyl (C=O) groups is 1. The van der Waals surface area contributed by atoms with Crippen LogP contribution in [0.2, 0.25) is 0 Å². The lowest BCUT2D eigenvalue weighted by Crippen LogP contribution is -2.37. The molecule has 0 spiro atoms. The predicted octanol–water partition coefficient (Wildman–Crippen LogP) is 1.94. The minimum atomic E-state index is -0.0110. The van der Waals surface area contributed by atoms with Gasteiger partial charge in [0.05, 0.1) is 25.3 Å². The Balaban J connectivity index is 1.28. The monoisotopic (exact) mass is 420 g/mol. The number of hydrogen-bond donors (Lipinski definition) is 1. The molecule has 2 saturated heterocycles. The average Bonchev–Trinajstić information content (AvgIpc) is 3.05. The van der Waals surface area contributed by atoms with Crippen LogP contribution in [0.15, 0.2) is 42.6 Å². The van der Waals surface area contributed by atoms with Gasteiger partial charge in [0.25, 0.3) is 0 Å². The molecule has 8 nitrogen and oxygen atoms in total. The fourth-order valence-electron chi connectivity index (χ4n) is 4.06. The van der Waals surface area contributed by atoms with Crippen molar-refractivity contribution in [1.82, 2.24) is 9.88 Å². The van der Waals surface area contributed by atoms with E-state index in [4.69, 9.17) is 4.74 Å². The maximum atomic E-state index is 12.6. The minimum Gasteiger partial charge on any atom is -0.378 e. The highest BCUT2D eigenvalue weighted by atomic mass is 16.5. The van der Waals surface area contributed by atoms with Crippen LogP contribution >= 0.6 is 0 Å². The van der Waals surface area contributed by atoms with E-state index >= 15 is 0 Å². The molecule has 8 heteroatoms. The molecule has 1 aromatic heterocycles. The van der Waals surface area contributed by atoms with Crippen LogP contribution in [-0.4, -0.2) is 74.8 Å². The first kappa shape index (κ1) is 21.1. The summed E-state index contributed by atoms with van der Waals surface area (Å²) in [7, 11) is 0. The lowest BCUT2D eigenvalue weighted by atomic mass is 10.2. The Hall–Kier alpha value is -3.15. The van der Waals surface area contributed by atoms with Crippen LogP contribution in [0, 0.1) is 11.3 Å². The number of rotatable bonds is 5. The Morgan fingerprint density at radius 3 is 2.61 bits per heavy atom. The maximum Gasteiger partial charge on any atom is 0.238 e. The molecule has 3 heterocycles. The SMILES string of the molecule is N#Cc1cccnc1N1CCCN(CC(=O)Nc2ccc(N3CCOCC3)cc2)CC1. The molecule has 0 unspecified atom stereocenters. The van der Waals surface area contributed by atoms with Crippen LogP contribution in [0.4, 0.5) is 17.2 Å². The zero-order valence-electron chi connectivity index (χ0n) is 17.7. The molecule has 2 aliphatic rings. The summed E-state index contributed by atoms with van der Waals surface area (Å²) < 4.78 is 5.40. The second-order valence-corrected chi connectivity index (χ2v) is 7.80. The van der Waals surface area contributed by atoms with Crippen LogP contribution in [0.25, 0.3) is 0 Å². The van der Waals surface area contributed by atoms with Gasteiger partial charge in [-0.3, -0.25) is 9.69 Å². The Morgan fingerprint density at radius 1 is 1.03 bits per heavy atom. The number of morpholine rings is 1. The molecule has 2 fully saturated rings. The van der Waals surface area contributed by atoms with Crippen molar-refractivity contribution in [3.05, 3.63) is 48.2 Å². The molecule has 1 aromatic carbocycles. The van der Waals surface area contributed by atoms with Crippen molar-refractivity contribution >= 4 is 23.1 Å². The quantitative estimate of drug-likeness (QED) is 0.791. The van der Waals surface area contributed by atoms with E-state index in [-0.39, 0.29) is 5.91 Å². The van der Waals surface area contributed by atoms with Gasteiger partial charge in [-0.05, 0) is 42.8 Å². The number of aromatic nitrogens is 1. The highest BCUT2D eigenvalue weighted by Gasteiger charge is 2.20. The first-order chi connectivity index (χ1) is 15.2. The zero-order valence-corrected chi connectivity index (χ0v) is 17.7. The van der Waals surface area contributed by atoms with Crippen molar-refractivity contribution < 1.29 is 9.53 Å². The van der Waals surface area contributed by atoms with Gasteiger partial charge in [0, 0.05) is 56.8 Å². The first-order valence-electron chi connectivity index (χ1n) is 10.8. The van der Waals surface area contributed by atoms with Crippen molar-refractivity contribution in [2.24, 2.45) is 0 Å². The fraction of sp³-hybridized carbons (Fsp3) is 0.435. The minimum absolute atomic E-state index is 0.0110. The predicted molar refractivity (Wildman–Crippen MR) is 120 cm³/mol. The summed E-state index contributed by atoms with van der Waals surface area (Å²) in [5, 5.41) is 12.3. The van der Waals surface area contributed by atoms with Gasteiger partial charge in [0.1, 0.15) is 11.9 Å². The van der Waals surface area contributed by atoms with E-state index in [2.05, 4.69) is 31.1 Å². The molecule has 0 radical (unpaired) electrons. The molecule has 0 bridgehead atoms. The number of hydrogen-bond acceptors (Lipinski definition) is 7. The van der Waals surface area contributed by atoms with Crippen LogP contribution in [0.3, 0.4) is 0 Å². The fourth-order valence-corrected chi connectivity index (χ4v) is 4.06. The van der Waals surface area contributed by atoms with Crippen LogP contribution in [-0.2, 0) is 9.53 Å². The van der Waals surface area contributed by atoms with Gasteiger partial charge in [0.15, 0.2) is 0 Å². The maximum absolute atomic E-state index is 12.6. The molecule has 2 aliphatic heterocycles. The van der Waals surface area contributed by atoms with E-state index in [0.717, 1.165) is 76.1 Å². The highest BCUT2D eigenvalue weighted by Crippen LogP contribution is 2.20. The number of amides is 1. The largest absolute Gasteiger partial charge is 0.378 e. The van der Waals surface area contributed by atoms with Crippen LogP contribution < -0.4 is 15.1 Å². The second kappa shape index (κ2) is 10.2. The summed E-state index contributed by atoms with van der Waals surface area (Å²) in [5.41, 5.74) is 2.56. The molecule has 4 rings (SSSR count). The smallest absolute Gasteiger partial charge is 0.238 e. The van der Waals surface area contributed by atoms with Crippen molar-refractivity contribution in [3.63, 3.8) is 0 Å². The van der Waals surface area contributed by atoms with Gasteiger partial charge < -0.3 is 19.9 Å². The second-order valence-electron chi connectivity index (χ2n) is 7.80. The van der Waals surface area contributed by atoms with E-state index in [0.29, 0.717) is 12.1 Å². The van der Waals surface area contributed by atoms with Crippen molar-refractivity contribution in [2.75, 3.05) is 74.1 Å². The summed E-state index contributed by atoms with van der Waals surface area (Å²) in [6, 6.07) is 13.8. The van der Waals surface area contributed by atoms with E-state index in [9.17, 15) is 10.1 Å². The van der Waals surface area contributed by atoms with Gasteiger partial charge in [-0.15, -0.1) is 0 Å². The summed E-state index contributed by atoms with van der Waals surface area (Å²) >= 11 is 0. The van der Waals surface area contributed by atoms with Crippen molar-refractivity contribution in [2.45, 2.75) is 6.42 Å². The van der Waals surface area contributed by atoms with Crippen LogP contribution in [0.1, 0.15) is 12.0 Å². The van der Waals surface area contributed by atoms with E-state index in [1.807, 2.05) is 24.3 Å². The number of ether oxygens (including phenoxy) is 1. The third-order valence-electron chi connectivity index (χ3n) is 5.69. The number of nitrogens with zero attached hydrogens (tertiary/aromatic N) is 5. The van der Waals surface area contributed by atoms with E-state index in [1.165, 1.54) is 0 Å². The molecule has 0 aliphatic carbocycles. The van der Waals surface area contributed by atoms with E-state index < -0.39 is 0 Å². The summed E-state index contributed by atoms with van der Waals surface area (Å²) in [6.07, 6.45) is 2.64. The lowest BCUT2D eigenvalue weighted by molar-refractivity contribution is -0.117. The molecule has 1 N–H and O–H groups in total. The number of pyridine rings is 1. The number of carbonyl (C=O) groups excluding carboxylic acids is 1. The molecule has 1 amide bonds. The molecule has 2 aromatic rings. The van der Waals surface area contributed by atoms with Crippen molar-refractivity contribution in [1.29, 1.82) is 5.26 Å². The average molecular weight is 421 g/mol. The Kier molecular flexibility index (Phi) is 6.97. The van der Waals surface area contributed by atoms with Gasteiger partial charge in [0.2, 0.25) is 5.91 Å². The zero-order chi connectivity index (χ0) is 21.5. The van der Waals surface area contributed by atoms with Crippen LogP contribution in [0.5, 0.6) is 0 Å². The standard InChI is InChI=1S/C23H28N6O2/c24-17-19-3-1-8-25-23(19)29-10-2-9-27(11-12-29)18-22(30)26-20-4-6-21(7-5-20)28-13-15-31-16-14-28/h1,3-8H,2,9-16,18H2,(H,26,30). The molecular weight excluding hydrogens is 392 g/mol. The number of benzene rings is 1.